The highest BCUT2D eigenvalue weighted by atomic mass is 35.5. The minimum absolute atomic E-state index is 0.113. The lowest BCUT2D eigenvalue weighted by atomic mass is 9.96. The maximum Gasteiger partial charge on any atom is 0.230 e. The topological polar surface area (TPSA) is 91.8 Å². The summed E-state index contributed by atoms with van der Waals surface area (Å²) in [4.78, 5) is 24.6. The van der Waals surface area contributed by atoms with Gasteiger partial charge in [-0.3, -0.25) is 4.79 Å². The van der Waals surface area contributed by atoms with Gasteiger partial charge in [-0.1, -0.05) is 44.0 Å². The first-order valence-corrected chi connectivity index (χ1v) is 11.4. The number of hydrogen-bond donors (Lipinski definition) is 3. The van der Waals surface area contributed by atoms with Crippen LogP contribution < -0.4 is 16.0 Å². The molecule has 0 aliphatic heterocycles. The Kier molecular flexibility index (Phi) is 7.94. The molecule has 1 saturated carbocycles. The van der Waals surface area contributed by atoms with Crippen LogP contribution in [-0.2, 0) is 4.79 Å². The van der Waals surface area contributed by atoms with Crippen molar-refractivity contribution < 1.29 is 4.79 Å². The highest BCUT2D eigenvalue weighted by molar-refractivity contribution is 6.33. The third kappa shape index (κ3) is 7.51. The summed E-state index contributed by atoms with van der Waals surface area (Å²) in [6, 6.07) is 1.81. The van der Waals surface area contributed by atoms with Crippen molar-refractivity contribution in [2.24, 2.45) is 17.3 Å². The molecule has 1 amide bonds. The molecule has 168 valence electrons. The Balaban J connectivity index is 1.31. The van der Waals surface area contributed by atoms with Crippen molar-refractivity contribution in [3.05, 3.63) is 34.7 Å². The summed E-state index contributed by atoms with van der Waals surface area (Å²) in [6.45, 7) is 7.29. The first-order valence-electron chi connectivity index (χ1n) is 10.6. The molecule has 0 aromatic carbocycles. The SMILES string of the molecule is CC(C)(C)C(=O)Nc1ncc(NCC[C@@H]2C[C@@H]2CCCNc2ncc(Cl)cn2)cc1Cl. The van der Waals surface area contributed by atoms with E-state index >= 15 is 0 Å². The number of aromatic nitrogens is 3. The Morgan fingerprint density at radius 2 is 1.74 bits per heavy atom. The molecular formula is C22H30Cl2N6O. The van der Waals surface area contributed by atoms with Crippen molar-refractivity contribution in [2.75, 3.05) is 29.0 Å². The highest BCUT2D eigenvalue weighted by Gasteiger charge is 2.35. The van der Waals surface area contributed by atoms with Crippen molar-refractivity contribution in [3.63, 3.8) is 0 Å². The summed E-state index contributed by atoms with van der Waals surface area (Å²) in [5.41, 5.74) is 0.366. The predicted octanol–water partition coefficient (Wildman–Crippen LogP) is 5.49. The van der Waals surface area contributed by atoms with Crippen LogP contribution in [0.25, 0.3) is 0 Å². The van der Waals surface area contributed by atoms with E-state index < -0.39 is 5.41 Å². The minimum Gasteiger partial charge on any atom is -0.384 e. The number of anilines is 3. The number of hydrogen-bond acceptors (Lipinski definition) is 6. The quantitative estimate of drug-likeness (QED) is 0.402. The van der Waals surface area contributed by atoms with E-state index in [-0.39, 0.29) is 5.91 Å². The van der Waals surface area contributed by atoms with E-state index in [0.717, 1.165) is 43.5 Å². The van der Waals surface area contributed by atoms with E-state index in [4.69, 9.17) is 23.2 Å². The fourth-order valence-electron chi connectivity index (χ4n) is 3.31. The number of carbonyl (C=O) groups excluding carboxylic acids is 1. The molecule has 7 nitrogen and oxygen atoms in total. The first-order chi connectivity index (χ1) is 14.7. The van der Waals surface area contributed by atoms with E-state index in [1.807, 2.05) is 26.8 Å². The molecule has 0 unspecified atom stereocenters. The summed E-state index contributed by atoms with van der Waals surface area (Å²) < 4.78 is 0. The second-order valence-electron chi connectivity index (χ2n) is 9.02. The molecule has 2 aromatic heterocycles. The lowest BCUT2D eigenvalue weighted by Gasteiger charge is -2.18. The van der Waals surface area contributed by atoms with Crippen molar-refractivity contribution in [2.45, 2.75) is 46.5 Å². The van der Waals surface area contributed by atoms with Crippen LogP contribution in [0.3, 0.4) is 0 Å². The Hall–Kier alpha value is -2.12. The maximum atomic E-state index is 12.1. The van der Waals surface area contributed by atoms with Crippen LogP contribution >= 0.6 is 23.2 Å². The molecular weight excluding hydrogens is 435 g/mol. The molecule has 3 rings (SSSR count). The number of amides is 1. The van der Waals surface area contributed by atoms with E-state index in [1.54, 1.807) is 18.6 Å². The van der Waals surface area contributed by atoms with Gasteiger partial charge in [0.25, 0.3) is 0 Å². The summed E-state index contributed by atoms with van der Waals surface area (Å²) >= 11 is 12.1. The number of nitrogens with zero attached hydrogens (tertiary/aromatic N) is 3. The Labute approximate surface area is 193 Å². The van der Waals surface area contributed by atoms with Gasteiger partial charge in [0.15, 0.2) is 5.82 Å². The van der Waals surface area contributed by atoms with E-state index in [1.165, 1.54) is 12.8 Å². The molecule has 1 aliphatic rings. The smallest absolute Gasteiger partial charge is 0.230 e. The molecule has 9 heteroatoms. The van der Waals surface area contributed by atoms with Crippen LogP contribution in [0.15, 0.2) is 24.7 Å². The number of nitrogens with one attached hydrogen (secondary N) is 3. The lowest BCUT2D eigenvalue weighted by molar-refractivity contribution is -0.123. The van der Waals surface area contributed by atoms with Gasteiger partial charge in [0, 0.05) is 18.5 Å². The van der Waals surface area contributed by atoms with Gasteiger partial charge in [-0.2, -0.15) is 0 Å². The third-order valence-corrected chi connectivity index (χ3v) is 5.81. The average molecular weight is 465 g/mol. The lowest BCUT2D eigenvalue weighted by Crippen LogP contribution is -2.28. The number of rotatable bonds is 10. The van der Waals surface area contributed by atoms with Crippen LogP contribution in [0.1, 0.15) is 46.5 Å². The first kappa shape index (κ1) is 23.5. The molecule has 2 aromatic rings. The standard InChI is InChI=1S/C22H30Cl2N6O/c1-22(2,3)20(31)30-19-18(24)10-17(13-27-19)25-8-6-15-9-14(15)5-4-7-26-21-28-11-16(23)12-29-21/h10-15,25H,4-9H2,1-3H3,(H,26,28,29)(H,27,30,31)/t14-,15+/m0/s1. The predicted molar refractivity (Wildman–Crippen MR) is 127 cm³/mol. The fraction of sp³-hybridized carbons (Fsp3) is 0.545. The van der Waals surface area contributed by atoms with Gasteiger partial charge in [-0.15, -0.1) is 0 Å². The molecule has 1 fully saturated rings. The number of carbonyl (C=O) groups is 1. The van der Waals surface area contributed by atoms with Crippen molar-refractivity contribution >= 4 is 46.6 Å². The molecule has 1 aliphatic carbocycles. The summed E-state index contributed by atoms with van der Waals surface area (Å²) in [5, 5.41) is 10.4. The molecule has 3 N–H and O–H groups in total. The van der Waals surface area contributed by atoms with Gasteiger partial charge in [-0.05, 0) is 43.6 Å². The van der Waals surface area contributed by atoms with Crippen molar-refractivity contribution in [1.29, 1.82) is 0 Å². The highest BCUT2D eigenvalue weighted by Crippen LogP contribution is 2.44. The second-order valence-corrected chi connectivity index (χ2v) is 9.87. The largest absolute Gasteiger partial charge is 0.384 e. The fourth-order valence-corrected chi connectivity index (χ4v) is 3.62. The number of halogens is 2. The van der Waals surface area contributed by atoms with Crippen LogP contribution in [-0.4, -0.2) is 33.9 Å². The van der Waals surface area contributed by atoms with Gasteiger partial charge < -0.3 is 16.0 Å². The van der Waals surface area contributed by atoms with Gasteiger partial charge in [-0.25, -0.2) is 15.0 Å². The number of pyridine rings is 1. The molecule has 2 atom stereocenters. The molecule has 31 heavy (non-hydrogen) atoms. The van der Waals surface area contributed by atoms with Crippen molar-refractivity contribution in [1.82, 2.24) is 15.0 Å². The van der Waals surface area contributed by atoms with Crippen LogP contribution in [0, 0.1) is 17.3 Å². The van der Waals surface area contributed by atoms with Gasteiger partial charge in [0.05, 0.1) is 34.3 Å². The monoisotopic (exact) mass is 464 g/mol. The summed E-state index contributed by atoms with van der Waals surface area (Å²) in [6.07, 6.45) is 9.62. The average Bonchev–Trinajstić information content (AvgIpc) is 3.46. The normalized spacial score (nSPS) is 17.8. The van der Waals surface area contributed by atoms with Crippen LogP contribution in [0.2, 0.25) is 10.0 Å². The van der Waals surface area contributed by atoms with Gasteiger partial charge in [0.1, 0.15) is 0 Å². The minimum atomic E-state index is -0.498. The van der Waals surface area contributed by atoms with E-state index in [2.05, 4.69) is 30.9 Å². The maximum absolute atomic E-state index is 12.1. The molecule has 0 saturated heterocycles. The zero-order valence-electron chi connectivity index (χ0n) is 18.2. The van der Waals surface area contributed by atoms with Crippen LogP contribution in [0.5, 0.6) is 0 Å². The van der Waals surface area contributed by atoms with E-state index in [0.29, 0.717) is 21.8 Å². The molecule has 2 heterocycles. The third-order valence-electron chi connectivity index (χ3n) is 5.32. The second kappa shape index (κ2) is 10.5. The van der Waals surface area contributed by atoms with Crippen molar-refractivity contribution in [3.8, 4) is 0 Å². The Morgan fingerprint density at radius 1 is 1.03 bits per heavy atom. The zero-order chi connectivity index (χ0) is 22.4. The molecule has 0 bridgehead atoms. The van der Waals surface area contributed by atoms with Gasteiger partial charge in [0.2, 0.25) is 11.9 Å². The Bertz CT molecular complexity index is 885. The van der Waals surface area contributed by atoms with Gasteiger partial charge >= 0.3 is 0 Å². The van der Waals surface area contributed by atoms with Crippen LogP contribution in [0.4, 0.5) is 17.5 Å². The zero-order valence-corrected chi connectivity index (χ0v) is 19.7. The van der Waals surface area contributed by atoms with E-state index in [9.17, 15) is 4.79 Å². The molecule has 0 spiro atoms. The summed E-state index contributed by atoms with van der Waals surface area (Å²) in [7, 11) is 0. The molecule has 0 radical (unpaired) electrons. The summed E-state index contributed by atoms with van der Waals surface area (Å²) in [5.74, 6) is 2.47. The Morgan fingerprint density at radius 3 is 2.42 bits per heavy atom.